The lowest BCUT2D eigenvalue weighted by molar-refractivity contribution is -0.117. The monoisotopic (exact) mass is 393 g/mol. The van der Waals surface area contributed by atoms with Gasteiger partial charge in [0.1, 0.15) is 0 Å². The lowest BCUT2D eigenvalue weighted by atomic mass is 10.0. The molecule has 0 aliphatic carbocycles. The number of aromatic nitrogens is 2. The van der Waals surface area contributed by atoms with Crippen LogP contribution >= 0.6 is 23.1 Å². The summed E-state index contributed by atoms with van der Waals surface area (Å²) in [5.74, 6) is 0.235. The van der Waals surface area contributed by atoms with Crippen molar-refractivity contribution in [2.75, 3.05) is 17.6 Å². The minimum Gasteiger partial charge on any atom is -0.338 e. The lowest BCUT2D eigenvalue weighted by Gasteiger charge is -2.06. The highest BCUT2D eigenvalue weighted by Gasteiger charge is 2.11. The standard InChI is InChI=1S/C17H23N5O2S2/c1-4-9-18-15(24)20-14(23)10-25-17-22-21-16(26-17)19-13-7-5-12(6-8-13)11(2)3/h5-8,11H,4,9-10H2,1-3H3,(H,19,21)(H2,18,20,23,24). The van der Waals surface area contributed by atoms with Gasteiger partial charge in [-0.05, 0) is 30.0 Å². The Morgan fingerprint density at radius 2 is 1.92 bits per heavy atom. The van der Waals surface area contributed by atoms with Gasteiger partial charge in [0.2, 0.25) is 11.0 Å². The van der Waals surface area contributed by atoms with Gasteiger partial charge >= 0.3 is 6.03 Å². The molecule has 7 nitrogen and oxygen atoms in total. The summed E-state index contributed by atoms with van der Waals surface area (Å²) in [6, 6.07) is 7.70. The van der Waals surface area contributed by atoms with E-state index in [9.17, 15) is 9.59 Å². The molecule has 0 atom stereocenters. The van der Waals surface area contributed by atoms with Crippen LogP contribution in [0.25, 0.3) is 0 Å². The minimum atomic E-state index is -0.470. The fraction of sp³-hybridized carbons (Fsp3) is 0.412. The van der Waals surface area contributed by atoms with Gasteiger partial charge < -0.3 is 10.6 Å². The van der Waals surface area contributed by atoms with Crippen molar-refractivity contribution in [3.8, 4) is 0 Å². The van der Waals surface area contributed by atoms with Crippen LogP contribution in [0.15, 0.2) is 28.6 Å². The van der Waals surface area contributed by atoms with Crippen LogP contribution in [0.1, 0.15) is 38.7 Å². The van der Waals surface area contributed by atoms with E-state index >= 15 is 0 Å². The average Bonchev–Trinajstić information content (AvgIpc) is 3.06. The number of anilines is 2. The molecule has 0 aliphatic rings. The Hall–Kier alpha value is -2.13. The summed E-state index contributed by atoms with van der Waals surface area (Å²) in [5.41, 5.74) is 2.21. The van der Waals surface area contributed by atoms with Crippen LogP contribution in [-0.2, 0) is 4.79 Å². The first kappa shape index (κ1) is 20.2. The van der Waals surface area contributed by atoms with Crippen LogP contribution in [0.5, 0.6) is 0 Å². The quantitative estimate of drug-likeness (QED) is 0.591. The Bertz CT molecular complexity index is 731. The van der Waals surface area contributed by atoms with Crippen molar-refractivity contribution in [2.45, 2.75) is 37.4 Å². The number of nitrogens with zero attached hydrogens (tertiary/aromatic N) is 2. The van der Waals surface area contributed by atoms with Crippen LogP contribution in [0.2, 0.25) is 0 Å². The number of imide groups is 1. The summed E-state index contributed by atoms with van der Waals surface area (Å²) in [7, 11) is 0. The number of amides is 3. The van der Waals surface area contributed by atoms with Crippen LogP contribution in [0, 0.1) is 0 Å². The van der Waals surface area contributed by atoms with Crippen molar-refractivity contribution in [3.05, 3.63) is 29.8 Å². The third kappa shape index (κ3) is 6.64. The Morgan fingerprint density at radius 3 is 2.58 bits per heavy atom. The Balaban J connectivity index is 1.80. The largest absolute Gasteiger partial charge is 0.338 e. The maximum absolute atomic E-state index is 11.7. The molecule has 0 fully saturated rings. The molecule has 9 heteroatoms. The molecule has 1 heterocycles. The summed E-state index contributed by atoms with van der Waals surface area (Å²) in [6.07, 6.45) is 0.817. The molecule has 0 aliphatic heterocycles. The number of hydrogen-bond donors (Lipinski definition) is 3. The number of carbonyl (C=O) groups is 2. The summed E-state index contributed by atoms with van der Waals surface area (Å²) in [4.78, 5) is 23.1. The third-order valence-corrected chi connectivity index (χ3v) is 5.32. The first-order chi connectivity index (χ1) is 12.5. The topological polar surface area (TPSA) is 96.0 Å². The highest BCUT2D eigenvalue weighted by molar-refractivity contribution is 8.01. The highest BCUT2D eigenvalue weighted by atomic mass is 32.2. The van der Waals surface area contributed by atoms with E-state index in [0.29, 0.717) is 21.9 Å². The van der Waals surface area contributed by atoms with Crippen molar-refractivity contribution >= 4 is 45.9 Å². The fourth-order valence-corrected chi connectivity index (χ4v) is 3.54. The molecule has 140 valence electrons. The maximum Gasteiger partial charge on any atom is 0.321 e. The smallest absolute Gasteiger partial charge is 0.321 e. The van der Waals surface area contributed by atoms with Gasteiger partial charge in [0.15, 0.2) is 4.34 Å². The number of carbonyl (C=O) groups excluding carboxylic acids is 2. The third-order valence-electron chi connectivity index (χ3n) is 3.35. The van der Waals surface area contributed by atoms with Crippen LogP contribution in [0.3, 0.4) is 0 Å². The van der Waals surface area contributed by atoms with Gasteiger partial charge in [0.05, 0.1) is 5.75 Å². The molecule has 3 amide bonds. The van der Waals surface area contributed by atoms with Gasteiger partial charge in [0.25, 0.3) is 0 Å². The second-order valence-corrected chi connectivity index (χ2v) is 8.07. The van der Waals surface area contributed by atoms with Crippen molar-refractivity contribution < 1.29 is 9.59 Å². The second-order valence-electron chi connectivity index (χ2n) is 5.87. The van der Waals surface area contributed by atoms with Gasteiger partial charge in [-0.2, -0.15) is 0 Å². The first-order valence-electron chi connectivity index (χ1n) is 8.39. The first-order valence-corrected chi connectivity index (χ1v) is 10.2. The molecule has 0 bridgehead atoms. The molecule has 0 spiro atoms. The molecule has 3 N–H and O–H groups in total. The summed E-state index contributed by atoms with van der Waals surface area (Å²) < 4.78 is 0.662. The van der Waals surface area contributed by atoms with E-state index < -0.39 is 6.03 Å². The van der Waals surface area contributed by atoms with Crippen molar-refractivity contribution in [1.29, 1.82) is 0 Å². The fourth-order valence-electron chi connectivity index (χ4n) is 1.97. The van der Waals surface area contributed by atoms with Gasteiger partial charge in [-0.3, -0.25) is 10.1 Å². The number of rotatable bonds is 8. The zero-order valence-corrected chi connectivity index (χ0v) is 16.7. The van der Waals surface area contributed by atoms with Gasteiger partial charge in [-0.1, -0.05) is 56.0 Å². The molecular formula is C17H23N5O2S2. The number of thioether (sulfide) groups is 1. The lowest BCUT2D eigenvalue weighted by Crippen LogP contribution is -2.40. The van der Waals surface area contributed by atoms with Crippen molar-refractivity contribution in [1.82, 2.24) is 20.8 Å². The Morgan fingerprint density at radius 1 is 1.19 bits per heavy atom. The molecule has 2 aromatic rings. The van der Waals surface area contributed by atoms with Gasteiger partial charge in [-0.15, -0.1) is 10.2 Å². The summed E-state index contributed by atoms with van der Waals surface area (Å²) in [5, 5.41) is 16.8. The number of urea groups is 1. The molecular weight excluding hydrogens is 370 g/mol. The van der Waals surface area contributed by atoms with E-state index in [4.69, 9.17) is 0 Å². The Labute approximate surface area is 161 Å². The highest BCUT2D eigenvalue weighted by Crippen LogP contribution is 2.28. The number of nitrogens with one attached hydrogen (secondary N) is 3. The molecule has 1 aromatic carbocycles. The molecule has 0 unspecified atom stereocenters. The molecule has 0 saturated carbocycles. The van der Waals surface area contributed by atoms with Gasteiger partial charge in [-0.25, -0.2) is 4.79 Å². The predicted octanol–water partition coefficient (Wildman–Crippen LogP) is 3.73. The van der Waals surface area contributed by atoms with Crippen molar-refractivity contribution in [2.24, 2.45) is 0 Å². The maximum atomic E-state index is 11.7. The van der Waals surface area contributed by atoms with Crippen molar-refractivity contribution in [3.63, 3.8) is 0 Å². The van der Waals surface area contributed by atoms with Crippen LogP contribution in [0.4, 0.5) is 15.6 Å². The van der Waals surface area contributed by atoms with Crippen LogP contribution in [-0.4, -0.2) is 34.4 Å². The molecule has 1 aromatic heterocycles. The average molecular weight is 394 g/mol. The number of benzene rings is 1. The van der Waals surface area contributed by atoms with Gasteiger partial charge in [0, 0.05) is 12.2 Å². The molecule has 0 saturated heterocycles. The SMILES string of the molecule is CCCNC(=O)NC(=O)CSc1nnc(Nc2ccc(C(C)C)cc2)s1. The summed E-state index contributed by atoms with van der Waals surface area (Å²) in [6.45, 7) is 6.79. The van der Waals surface area contributed by atoms with E-state index in [0.717, 1.165) is 12.1 Å². The van der Waals surface area contributed by atoms with E-state index in [1.807, 2.05) is 19.1 Å². The Kier molecular flexibility index (Phi) is 7.86. The molecule has 26 heavy (non-hydrogen) atoms. The van der Waals surface area contributed by atoms with E-state index in [-0.39, 0.29) is 11.7 Å². The number of hydrogen-bond acceptors (Lipinski definition) is 7. The predicted molar refractivity (Wildman–Crippen MR) is 106 cm³/mol. The molecule has 0 radical (unpaired) electrons. The van der Waals surface area contributed by atoms with Crippen LogP contribution < -0.4 is 16.0 Å². The second kappa shape index (κ2) is 10.1. The van der Waals surface area contributed by atoms with E-state index in [1.165, 1.54) is 28.7 Å². The zero-order chi connectivity index (χ0) is 18.9. The normalized spacial score (nSPS) is 10.6. The zero-order valence-electron chi connectivity index (χ0n) is 15.0. The molecule has 2 rings (SSSR count). The van der Waals surface area contributed by atoms with E-state index in [1.54, 1.807) is 0 Å². The minimum absolute atomic E-state index is 0.108. The van der Waals surface area contributed by atoms with E-state index in [2.05, 4.69) is 52.1 Å². The summed E-state index contributed by atoms with van der Waals surface area (Å²) >= 11 is 2.61.